The fourth-order valence-electron chi connectivity index (χ4n) is 1.86. The Morgan fingerprint density at radius 1 is 1.20 bits per heavy atom. The Bertz CT molecular complexity index is 532. The van der Waals surface area contributed by atoms with E-state index in [2.05, 4.69) is 31.0 Å². The number of ether oxygens (including phenoxy) is 2. The van der Waals surface area contributed by atoms with Crippen molar-refractivity contribution in [2.75, 3.05) is 33.4 Å². The lowest BCUT2D eigenvalue weighted by Gasteiger charge is -2.12. The second-order valence-corrected chi connectivity index (χ2v) is 5.16. The number of carboxylic acids is 2. The van der Waals surface area contributed by atoms with Crippen LogP contribution in [0.5, 0.6) is 5.75 Å². The van der Waals surface area contributed by atoms with Gasteiger partial charge in [-0.3, -0.25) is 0 Å². The second-order valence-electron chi connectivity index (χ2n) is 5.16. The summed E-state index contributed by atoms with van der Waals surface area (Å²) < 4.78 is 10.8. The van der Waals surface area contributed by atoms with Gasteiger partial charge in [-0.05, 0) is 37.9 Å². The van der Waals surface area contributed by atoms with E-state index in [1.54, 1.807) is 7.11 Å². The zero-order chi connectivity index (χ0) is 19.1. The van der Waals surface area contributed by atoms with Crippen LogP contribution >= 0.6 is 0 Å². The van der Waals surface area contributed by atoms with Crippen molar-refractivity contribution in [1.29, 1.82) is 0 Å². The second kappa shape index (κ2) is 14.0. The quantitative estimate of drug-likeness (QED) is 0.335. The molecule has 140 valence electrons. The van der Waals surface area contributed by atoms with Gasteiger partial charge in [-0.2, -0.15) is 0 Å². The predicted octanol–water partition coefficient (Wildman–Crippen LogP) is 1.88. The number of methoxy groups -OCH3 is 1. The van der Waals surface area contributed by atoms with Crippen molar-refractivity contribution in [3.63, 3.8) is 0 Å². The minimum Gasteiger partial charge on any atom is -0.492 e. The first kappa shape index (κ1) is 22.6. The molecule has 0 saturated carbocycles. The maximum absolute atomic E-state index is 9.10. The van der Waals surface area contributed by atoms with Gasteiger partial charge in [0.25, 0.3) is 0 Å². The van der Waals surface area contributed by atoms with Crippen molar-refractivity contribution < 1.29 is 29.3 Å². The number of allylic oxidation sites excluding steroid dienone is 1. The number of benzene rings is 1. The molecular formula is C18H27NO6. The van der Waals surface area contributed by atoms with E-state index in [1.165, 1.54) is 11.1 Å². The van der Waals surface area contributed by atoms with Crippen molar-refractivity contribution in [3.8, 4) is 5.75 Å². The van der Waals surface area contributed by atoms with E-state index < -0.39 is 11.9 Å². The Kier molecular flexibility index (Phi) is 12.7. The number of carboxylic acid groups (broad SMARTS) is 2. The standard InChI is InChI=1S/C16H25NO2.C2H2O4/c1-4-6-15-13-14(2)7-8-16(15)19-12-10-17-9-5-11-18-3;3-1(4)2(5)6/h4,7-8,13,17H,1,5-6,9-12H2,2-3H3;(H,3,4)(H,5,6). The van der Waals surface area contributed by atoms with E-state index >= 15 is 0 Å². The molecule has 0 aromatic heterocycles. The van der Waals surface area contributed by atoms with E-state index in [-0.39, 0.29) is 0 Å². The molecule has 0 spiro atoms. The highest BCUT2D eigenvalue weighted by Gasteiger charge is 2.04. The number of hydrogen-bond acceptors (Lipinski definition) is 5. The number of rotatable bonds is 10. The molecule has 1 aromatic rings. The van der Waals surface area contributed by atoms with Gasteiger partial charge in [-0.1, -0.05) is 23.8 Å². The van der Waals surface area contributed by atoms with Crippen molar-refractivity contribution in [3.05, 3.63) is 42.0 Å². The van der Waals surface area contributed by atoms with Crippen LogP contribution in [-0.4, -0.2) is 55.6 Å². The maximum atomic E-state index is 9.10. The zero-order valence-electron chi connectivity index (χ0n) is 14.8. The van der Waals surface area contributed by atoms with Gasteiger partial charge in [0.05, 0.1) is 0 Å². The largest absolute Gasteiger partial charge is 0.492 e. The molecule has 0 heterocycles. The molecule has 1 rings (SSSR count). The summed E-state index contributed by atoms with van der Waals surface area (Å²) in [6, 6.07) is 6.27. The summed E-state index contributed by atoms with van der Waals surface area (Å²) in [6.07, 6.45) is 3.78. The van der Waals surface area contributed by atoms with E-state index in [4.69, 9.17) is 29.3 Å². The van der Waals surface area contributed by atoms with Gasteiger partial charge in [-0.15, -0.1) is 6.58 Å². The number of nitrogens with one attached hydrogen (secondary N) is 1. The van der Waals surface area contributed by atoms with Crippen LogP contribution in [0.3, 0.4) is 0 Å². The lowest BCUT2D eigenvalue weighted by molar-refractivity contribution is -0.159. The first-order valence-electron chi connectivity index (χ1n) is 7.91. The highest BCUT2D eigenvalue weighted by molar-refractivity contribution is 6.27. The van der Waals surface area contributed by atoms with Crippen molar-refractivity contribution in [2.45, 2.75) is 19.8 Å². The van der Waals surface area contributed by atoms with E-state index in [1.807, 2.05) is 12.1 Å². The maximum Gasteiger partial charge on any atom is 0.414 e. The molecule has 7 nitrogen and oxygen atoms in total. The molecule has 0 atom stereocenters. The third-order valence-corrected chi connectivity index (χ3v) is 3.00. The summed E-state index contributed by atoms with van der Waals surface area (Å²) in [4.78, 5) is 18.2. The van der Waals surface area contributed by atoms with Crippen molar-refractivity contribution >= 4 is 11.9 Å². The molecule has 0 fully saturated rings. The highest BCUT2D eigenvalue weighted by atomic mass is 16.5. The SMILES string of the molecule is C=CCc1cc(C)ccc1OCCNCCCOC.O=C(O)C(=O)O. The Morgan fingerprint density at radius 3 is 2.44 bits per heavy atom. The molecule has 25 heavy (non-hydrogen) atoms. The summed E-state index contributed by atoms with van der Waals surface area (Å²) in [5.41, 5.74) is 2.45. The van der Waals surface area contributed by atoms with Crippen molar-refractivity contribution in [1.82, 2.24) is 5.32 Å². The van der Waals surface area contributed by atoms with Crippen LogP contribution in [0.15, 0.2) is 30.9 Å². The fraction of sp³-hybridized carbons (Fsp3) is 0.444. The molecule has 0 aliphatic rings. The first-order chi connectivity index (χ1) is 11.9. The van der Waals surface area contributed by atoms with Crippen LogP contribution in [0.4, 0.5) is 0 Å². The van der Waals surface area contributed by atoms with Gasteiger partial charge in [0.2, 0.25) is 0 Å². The Balaban J connectivity index is 0.000000823. The van der Waals surface area contributed by atoms with Crippen LogP contribution < -0.4 is 10.1 Å². The molecule has 0 radical (unpaired) electrons. The van der Waals surface area contributed by atoms with E-state index in [0.717, 1.165) is 38.3 Å². The summed E-state index contributed by atoms with van der Waals surface area (Å²) in [6.45, 7) is 9.17. The fourth-order valence-corrected chi connectivity index (χ4v) is 1.86. The number of aliphatic carboxylic acids is 2. The molecule has 1 aromatic carbocycles. The Morgan fingerprint density at radius 2 is 1.88 bits per heavy atom. The average molecular weight is 353 g/mol. The molecule has 0 unspecified atom stereocenters. The third kappa shape index (κ3) is 11.7. The lowest BCUT2D eigenvalue weighted by atomic mass is 10.1. The van der Waals surface area contributed by atoms with Crippen LogP contribution in [0.2, 0.25) is 0 Å². The summed E-state index contributed by atoms with van der Waals surface area (Å²) in [7, 11) is 1.72. The van der Waals surface area contributed by atoms with Crippen molar-refractivity contribution in [2.24, 2.45) is 0 Å². The lowest BCUT2D eigenvalue weighted by Crippen LogP contribution is -2.23. The Labute approximate surface area is 148 Å². The monoisotopic (exact) mass is 353 g/mol. The zero-order valence-corrected chi connectivity index (χ0v) is 14.8. The van der Waals surface area contributed by atoms with E-state index in [0.29, 0.717) is 6.61 Å². The molecule has 3 N–H and O–H groups in total. The van der Waals surface area contributed by atoms with Gasteiger partial charge in [0.1, 0.15) is 12.4 Å². The third-order valence-electron chi connectivity index (χ3n) is 3.00. The predicted molar refractivity (Wildman–Crippen MR) is 95.2 cm³/mol. The summed E-state index contributed by atoms with van der Waals surface area (Å²) in [5, 5.41) is 18.1. The minimum absolute atomic E-state index is 0.681. The molecule has 7 heteroatoms. The van der Waals surface area contributed by atoms with Gasteiger partial charge in [0, 0.05) is 20.3 Å². The van der Waals surface area contributed by atoms with Crippen LogP contribution in [0, 0.1) is 6.92 Å². The molecule has 0 aliphatic carbocycles. The van der Waals surface area contributed by atoms with Gasteiger partial charge < -0.3 is 25.0 Å². The molecular weight excluding hydrogens is 326 g/mol. The van der Waals surface area contributed by atoms with Gasteiger partial charge in [0.15, 0.2) is 0 Å². The van der Waals surface area contributed by atoms with Crippen LogP contribution in [0.25, 0.3) is 0 Å². The number of aryl methyl sites for hydroxylation is 1. The normalized spacial score (nSPS) is 9.68. The first-order valence-corrected chi connectivity index (χ1v) is 7.91. The van der Waals surface area contributed by atoms with Gasteiger partial charge in [-0.25, -0.2) is 9.59 Å². The minimum atomic E-state index is -1.82. The average Bonchev–Trinajstić information content (AvgIpc) is 2.56. The summed E-state index contributed by atoms with van der Waals surface area (Å²) >= 11 is 0. The number of hydrogen-bond donors (Lipinski definition) is 3. The van der Waals surface area contributed by atoms with Crippen LogP contribution in [-0.2, 0) is 20.7 Å². The Hall–Kier alpha value is -2.38. The molecule has 0 amide bonds. The topological polar surface area (TPSA) is 105 Å². The molecule has 0 saturated heterocycles. The van der Waals surface area contributed by atoms with E-state index in [9.17, 15) is 0 Å². The summed E-state index contributed by atoms with van der Waals surface area (Å²) in [5.74, 6) is -2.69. The molecule has 0 bridgehead atoms. The van der Waals surface area contributed by atoms with Crippen LogP contribution in [0.1, 0.15) is 17.5 Å². The van der Waals surface area contributed by atoms with Gasteiger partial charge >= 0.3 is 11.9 Å². The highest BCUT2D eigenvalue weighted by Crippen LogP contribution is 2.20. The molecule has 0 aliphatic heterocycles. The smallest absolute Gasteiger partial charge is 0.414 e. The number of carbonyl (C=O) groups is 2.